The number of carbonyl (C=O) groups excluding carboxylic acids is 1. The van der Waals surface area contributed by atoms with Crippen molar-refractivity contribution in [3.8, 4) is 0 Å². The van der Waals surface area contributed by atoms with Gasteiger partial charge in [0.25, 0.3) is 5.91 Å². The summed E-state index contributed by atoms with van der Waals surface area (Å²) in [5.41, 5.74) is 0.389. The Bertz CT molecular complexity index is 522. The Morgan fingerprint density at radius 2 is 2.29 bits per heavy atom. The molecule has 0 aromatic carbocycles. The van der Waals surface area contributed by atoms with Gasteiger partial charge in [0.15, 0.2) is 0 Å². The molecule has 6 heteroatoms. The fourth-order valence-corrected chi connectivity index (χ4v) is 2.84. The summed E-state index contributed by atoms with van der Waals surface area (Å²) in [6.07, 6.45) is 1.56. The highest BCUT2D eigenvalue weighted by molar-refractivity contribution is 7.20. The highest BCUT2D eigenvalue weighted by Crippen LogP contribution is 2.31. The van der Waals surface area contributed by atoms with Crippen molar-refractivity contribution in [3.63, 3.8) is 0 Å². The molecular formula is C11H9Cl2NO2S. The molecule has 0 radical (unpaired) electrons. The molecule has 0 bridgehead atoms. The van der Waals surface area contributed by atoms with Gasteiger partial charge in [-0.25, -0.2) is 0 Å². The zero-order valence-corrected chi connectivity index (χ0v) is 11.2. The Balaban J connectivity index is 2.09. The number of thiophene rings is 1. The number of amides is 1. The number of hydrogen-bond acceptors (Lipinski definition) is 3. The fourth-order valence-electron chi connectivity index (χ4n) is 1.38. The average molecular weight is 290 g/mol. The molecule has 1 amide bonds. The van der Waals surface area contributed by atoms with Crippen LogP contribution in [0, 0.1) is 0 Å². The molecule has 2 aromatic heterocycles. The molecule has 0 unspecified atom stereocenters. The van der Waals surface area contributed by atoms with Gasteiger partial charge in [0.1, 0.15) is 10.1 Å². The highest BCUT2D eigenvalue weighted by atomic mass is 35.5. The maximum atomic E-state index is 11.9. The number of halogens is 2. The summed E-state index contributed by atoms with van der Waals surface area (Å²) < 4.78 is 6.08. The van der Waals surface area contributed by atoms with Crippen molar-refractivity contribution < 1.29 is 9.21 Å². The van der Waals surface area contributed by atoms with Crippen molar-refractivity contribution in [2.75, 3.05) is 0 Å². The van der Waals surface area contributed by atoms with Gasteiger partial charge >= 0.3 is 0 Å². The van der Waals surface area contributed by atoms with E-state index in [9.17, 15) is 4.79 Å². The Morgan fingerprint density at radius 1 is 1.53 bits per heavy atom. The van der Waals surface area contributed by atoms with Gasteiger partial charge in [-0.15, -0.1) is 11.3 Å². The molecule has 2 heterocycles. The summed E-state index contributed by atoms with van der Waals surface area (Å²) in [7, 11) is 0. The maximum Gasteiger partial charge on any atom is 0.254 e. The largest absolute Gasteiger partial charge is 0.467 e. The molecule has 90 valence electrons. The molecule has 1 N–H and O–H groups in total. The monoisotopic (exact) mass is 289 g/mol. The highest BCUT2D eigenvalue weighted by Gasteiger charge is 2.17. The third-order valence-corrected chi connectivity index (χ3v) is 3.71. The second-order valence-corrected chi connectivity index (χ2v) is 5.73. The van der Waals surface area contributed by atoms with Crippen molar-refractivity contribution >= 4 is 40.4 Å². The molecule has 1 atom stereocenters. The van der Waals surface area contributed by atoms with Crippen LogP contribution in [-0.4, -0.2) is 5.91 Å². The van der Waals surface area contributed by atoms with Crippen LogP contribution >= 0.6 is 34.5 Å². The van der Waals surface area contributed by atoms with Crippen LogP contribution in [0.25, 0.3) is 0 Å². The van der Waals surface area contributed by atoms with E-state index >= 15 is 0 Å². The van der Waals surface area contributed by atoms with E-state index in [2.05, 4.69) is 5.32 Å². The van der Waals surface area contributed by atoms with Crippen LogP contribution in [0.2, 0.25) is 8.67 Å². The quantitative estimate of drug-likeness (QED) is 0.923. The third-order valence-electron chi connectivity index (χ3n) is 2.22. The first kappa shape index (κ1) is 12.5. The Labute approximate surface area is 112 Å². The van der Waals surface area contributed by atoms with Crippen LogP contribution in [0.3, 0.4) is 0 Å². The van der Waals surface area contributed by atoms with Crippen molar-refractivity contribution in [1.29, 1.82) is 0 Å². The molecule has 0 saturated carbocycles. The second-order valence-electron chi connectivity index (χ2n) is 3.45. The summed E-state index contributed by atoms with van der Waals surface area (Å²) >= 11 is 12.8. The molecule has 0 aliphatic rings. The SMILES string of the molecule is C[C@H](NC(=O)c1cc(Cl)sc1Cl)c1ccco1. The van der Waals surface area contributed by atoms with Gasteiger partial charge in [0.2, 0.25) is 0 Å². The molecule has 0 saturated heterocycles. The summed E-state index contributed by atoms with van der Waals surface area (Å²) in [4.78, 5) is 11.9. The molecule has 3 nitrogen and oxygen atoms in total. The standard InChI is InChI=1S/C11H9Cl2NO2S/c1-6(8-3-2-4-16-8)14-11(15)7-5-9(12)17-10(7)13/h2-6H,1H3,(H,14,15)/t6-/m0/s1. The van der Waals surface area contributed by atoms with E-state index in [1.165, 1.54) is 11.3 Å². The summed E-state index contributed by atoms with van der Waals surface area (Å²) in [6.45, 7) is 1.83. The number of rotatable bonds is 3. The lowest BCUT2D eigenvalue weighted by molar-refractivity contribution is 0.0936. The number of nitrogens with one attached hydrogen (secondary N) is 1. The molecular weight excluding hydrogens is 281 g/mol. The molecule has 2 aromatic rings. The minimum absolute atomic E-state index is 0.216. The van der Waals surface area contributed by atoms with E-state index in [4.69, 9.17) is 27.6 Å². The average Bonchev–Trinajstić information content (AvgIpc) is 2.87. The zero-order chi connectivity index (χ0) is 12.4. The van der Waals surface area contributed by atoms with Crippen LogP contribution in [0.1, 0.15) is 29.1 Å². The lowest BCUT2D eigenvalue weighted by Crippen LogP contribution is -2.26. The predicted octanol–water partition coefficient (Wildman–Crippen LogP) is 4.14. The van der Waals surface area contributed by atoms with Crippen LogP contribution in [0.4, 0.5) is 0 Å². The fraction of sp³-hybridized carbons (Fsp3) is 0.182. The van der Waals surface area contributed by atoms with Crippen molar-refractivity contribution in [3.05, 3.63) is 44.5 Å². The van der Waals surface area contributed by atoms with Gasteiger partial charge in [-0.1, -0.05) is 23.2 Å². The van der Waals surface area contributed by atoms with Gasteiger partial charge < -0.3 is 9.73 Å². The summed E-state index contributed by atoms with van der Waals surface area (Å²) in [5, 5.41) is 2.78. The molecule has 0 spiro atoms. The maximum absolute atomic E-state index is 11.9. The molecule has 0 fully saturated rings. The van der Waals surface area contributed by atoms with E-state index < -0.39 is 0 Å². The van der Waals surface area contributed by atoms with E-state index in [1.54, 1.807) is 24.5 Å². The topological polar surface area (TPSA) is 42.2 Å². The van der Waals surface area contributed by atoms with Crippen LogP contribution in [-0.2, 0) is 0 Å². The molecule has 0 aliphatic carbocycles. The van der Waals surface area contributed by atoms with Gasteiger partial charge in [-0.2, -0.15) is 0 Å². The van der Waals surface area contributed by atoms with Gasteiger partial charge in [-0.3, -0.25) is 4.79 Å². The van der Waals surface area contributed by atoms with Gasteiger partial charge in [0.05, 0.1) is 22.2 Å². The lowest BCUT2D eigenvalue weighted by Gasteiger charge is -2.10. The van der Waals surface area contributed by atoms with Crippen LogP contribution in [0.5, 0.6) is 0 Å². The lowest BCUT2D eigenvalue weighted by atomic mass is 10.2. The minimum Gasteiger partial charge on any atom is -0.467 e. The van der Waals surface area contributed by atoms with Gasteiger partial charge in [0, 0.05) is 0 Å². The van der Waals surface area contributed by atoms with Crippen molar-refractivity contribution in [1.82, 2.24) is 5.32 Å². The van der Waals surface area contributed by atoms with Crippen molar-refractivity contribution in [2.45, 2.75) is 13.0 Å². The molecule has 0 aliphatic heterocycles. The molecule has 17 heavy (non-hydrogen) atoms. The van der Waals surface area contributed by atoms with E-state index in [0.29, 0.717) is 20.0 Å². The normalized spacial score (nSPS) is 12.4. The smallest absolute Gasteiger partial charge is 0.254 e. The first-order valence-electron chi connectivity index (χ1n) is 4.87. The van der Waals surface area contributed by atoms with Crippen LogP contribution < -0.4 is 5.32 Å². The summed E-state index contributed by atoms with van der Waals surface area (Å²) in [6, 6.07) is 4.91. The minimum atomic E-state index is -0.262. The summed E-state index contributed by atoms with van der Waals surface area (Å²) in [5.74, 6) is 0.429. The second kappa shape index (κ2) is 5.12. The van der Waals surface area contributed by atoms with E-state index in [1.807, 2.05) is 6.92 Å². The van der Waals surface area contributed by atoms with Crippen molar-refractivity contribution in [2.24, 2.45) is 0 Å². The zero-order valence-electron chi connectivity index (χ0n) is 8.87. The van der Waals surface area contributed by atoms with E-state index in [-0.39, 0.29) is 11.9 Å². The number of hydrogen-bond donors (Lipinski definition) is 1. The van der Waals surface area contributed by atoms with Gasteiger partial charge in [-0.05, 0) is 25.1 Å². The van der Waals surface area contributed by atoms with E-state index in [0.717, 1.165) is 0 Å². The third kappa shape index (κ3) is 2.83. The molecule has 2 rings (SSSR count). The Kier molecular flexibility index (Phi) is 3.76. The number of carbonyl (C=O) groups is 1. The first-order chi connectivity index (χ1) is 8.08. The number of furan rings is 1. The first-order valence-corrected chi connectivity index (χ1v) is 6.44. The van der Waals surface area contributed by atoms with Crippen LogP contribution in [0.15, 0.2) is 28.9 Å². The Hall–Kier alpha value is -0.970. The predicted molar refractivity (Wildman–Crippen MR) is 68.9 cm³/mol. The Morgan fingerprint density at radius 3 is 2.82 bits per heavy atom.